The second-order valence-electron chi connectivity index (χ2n) is 7.01. The fourth-order valence-electron chi connectivity index (χ4n) is 3.06. The summed E-state index contributed by atoms with van der Waals surface area (Å²) < 4.78 is 45.2. The molecule has 2 aromatic rings. The summed E-state index contributed by atoms with van der Waals surface area (Å²) in [6, 6.07) is 4.84. The van der Waals surface area contributed by atoms with Gasteiger partial charge in [-0.25, -0.2) is 9.48 Å². The molecule has 1 aliphatic rings. The molecule has 0 saturated heterocycles. The van der Waals surface area contributed by atoms with E-state index in [1.807, 2.05) is 13.8 Å². The van der Waals surface area contributed by atoms with Gasteiger partial charge in [-0.1, -0.05) is 23.9 Å². The SMILES string of the molecule is C=C1CC[C@@H](OC(=O)NC(C)C)c2nnn(Cc3ccc(C(F)(F)F)cc3)c21. The second kappa shape index (κ2) is 7.65. The molecule has 0 radical (unpaired) electrons. The van der Waals surface area contributed by atoms with Crippen LogP contribution >= 0.6 is 0 Å². The highest BCUT2D eigenvalue weighted by Crippen LogP contribution is 2.37. The van der Waals surface area contributed by atoms with Gasteiger partial charge in [-0.15, -0.1) is 5.10 Å². The van der Waals surface area contributed by atoms with E-state index < -0.39 is 23.9 Å². The number of hydrogen-bond acceptors (Lipinski definition) is 4. The number of alkyl halides is 3. The Bertz CT molecular complexity index is 872. The van der Waals surface area contributed by atoms with Gasteiger partial charge in [0.15, 0.2) is 0 Å². The molecular formula is C19H21F3N4O2. The zero-order chi connectivity index (χ0) is 20.5. The first-order chi connectivity index (χ1) is 13.1. The first-order valence-corrected chi connectivity index (χ1v) is 8.90. The Morgan fingerprint density at radius 2 is 2.04 bits per heavy atom. The Balaban J connectivity index is 1.79. The zero-order valence-corrected chi connectivity index (χ0v) is 15.6. The van der Waals surface area contributed by atoms with Crippen molar-refractivity contribution in [3.8, 4) is 0 Å². The first-order valence-electron chi connectivity index (χ1n) is 8.90. The van der Waals surface area contributed by atoms with Crippen LogP contribution in [-0.4, -0.2) is 27.1 Å². The standard InChI is InChI=1S/C19H21F3N4O2/c1-11(2)23-18(27)28-15-9-4-12(3)17-16(15)24-25-26(17)10-13-5-7-14(8-6-13)19(20,21)22/h5-8,11,15H,3-4,9-10H2,1-2H3,(H,23,27)/t15-/m1/s1. The van der Waals surface area contributed by atoms with Gasteiger partial charge < -0.3 is 10.1 Å². The number of hydrogen-bond donors (Lipinski definition) is 1. The summed E-state index contributed by atoms with van der Waals surface area (Å²) in [6.45, 7) is 7.93. The molecule has 1 heterocycles. The van der Waals surface area contributed by atoms with Crippen molar-refractivity contribution in [3.05, 3.63) is 53.4 Å². The highest BCUT2D eigenvalue weighted by molar-refractivity contribution is 5.69. The third-order valence-corrected chi connectivity index (χ3v) is 4.38. The van der Waals surface area contributed by atoms with E-state index in [1.165, 1.54) is 12.1 Å². The number of amides is 1. The number of benzene rings is 1. The van der Waals surface area contributed by atoms with Gasteiger partial charge in [-0.3, -0.25) is 0 Å². The van der Waals surface area contributed by atoms with E-state index in [9.17, 15) is 18.0 Å². The Hall–Kier alpha value is -2.84. The molecule has 0 saturated carbocycles. The van der Waals surface area contributed by atoms with Gasteiger partial charge in [0.1, 0.15) is 11.8 Å². The molecule has 3 rings (SSSR count). The molecule has 1 aliphatic carbocycles. The maximum atomic E-state index is 12.7. The van der Waals surface area contributed by atoms with Crippen LogP contribution in [0.25, 0.3) is 5.57 Å². The number of halogens is 3. The molecule has 150 valence electrons. The van der Waals surface area contributed by atoms with Crippen molar-refractivity contribution < 1.29 is 22.7 Å². The maximum absolute atomic E-state index is 12.7. The molecule has 0 aliphatic heterocycles. The van der Waals surface area contributed by atoms with Gasteiger partial charge in [0, 0.05) is 6.04 Å². The van der Waals surface area contributed by atoms with E-state index in [4.69, 9.17) is 4.74 Å². The monoisotopic (exact) mass is 394 g/mol. The third-order valence-electron chi connectivity index (χ3n) is 4.38. The average molecular weight is 394 g/mol. The zero-order valence-electron chi connectivity index (χ0n) is 15.6. The lowest BCUT2D eigenvalue weighted by atomic mass is 9.94. The van der Waals surface area contributed by atoms with E-state index in [1.54, 1.807) is 4.68 Å². The van der Waals surface area contributed by atoms with E-state index >= 15 is 0 Å². The number of carbonyl (C=O) groups excluding carboxylic acids is 1. The molecule has 6 nitrogen and oxygen atoms in total. The van der Waals surface area contributed by atoms with Gasteiger partial charge in [0.2, 0.25) is 0 Å². The minimum atomic E-state index is -4.37. The first kappa shape index (κ1) is 19.9. The third kappa shape index (κ3) is 4.35. The van der Waals surface area contributed by atoms with E-state index in [0.717, 1.165) is 17.7 Å². The Labute approximate surface area is 160 Å². The summed E-state index contributed by atoms with van der Waals surface area (Å²) in [4.78, 5) is 11.9. The van der Waals surface area contributed by atoms with Gasteiger partial charge in [-0.2, -0.15) is 13.2 Å². The Morgan fingerprint density at radius 1 is 1.36 bits per heavy atom. The van der Waals surface area contributed by atoms with Crippen molar-refractivity contribution in [2.75, 3.05) is 0 Å². The molecule has 0 unspecified atom stereocenters. The average Bonchev–Trinajstić information content (AvgIpc) is 3.01. The van der Waals surface area contributed by atoms with Crippen LogP contribution in [0.4, 0.5) is 18.0 Å². The van der Waals surface area contributed by atoms with Crippen LogP contribution in [0, 0.1) is 0 Å². The molecule has 1 aromatic carbocycles. The highest BCUT2D eigenvalue weighted by Gasteiger charge is 2.32. The van der Waals surface area contributed by atoms with Crippen LogP contribution in [0.3, 0.4) is 0 Å². The largest absolute Gasteiger partial charge is 0.440 e. The van der Waals surface area contributed by atoms with Crippen LogP contribution in [0.1, 0.15) is 55.3 Å². The van der Waals surface area contributed by atoms with Crippen molar-refractivity contribution in [1.82, 2.24) is 20.3 Å². The predicted molar refractivity (Wildman–Crippen MR) is 96.3 cm³/mol. The maximum Gasteiger partial charge on any atom is 0.416 e. The van der Waals surface area contributed by atoms with Gasteiger partial charge in [0.25, 0.3) is 0 Å². The lowest BCUT2D eigenvalue weighted by Gasteiger charge is -2.24. The van der Waals surface area contributed by atoms with Crippen molar-refractivity contribution in [1.29, 1.82) is 0 Å². The van der Waals surface area contributed by atoms with E-state index in [2.05, 4.69) is 22.2 Å². The molecular weight excluding hydrogens is 373 g/mol. The molecule has 1 atom stereocenters. The molecule has 28 heavy (non-hydrogen) atoms. The minimum Gasteiger partial charge on any atom is -0.440 e. The highest BCUT2D eigenvalue weighted by atomic mass is 19.4. The lowest BCUT2D eigenvalue weighted by Crippen LogP contribution is -2.32. The van der Waals surface area contributed by atoms with Gasteiger partial charge in [-0.05, 0) is 50.0 Å². The molecule has 0 spiro atoms. The Morgan fingerprint density at radius 3 is 2.64 bits per heavy atom. The topological polar surface area (TPSA) is 69.0 Å². The van der Waals surface area contributed by atoms with Crippen LogP contribution in [0.15, 0.2) is 30.8 Å². The summed E-state index contributed by atoms with van der Waals surface area (Å²) in [5.74, 6) is 0. The van der Waals surface area contributed by atoms with Gasteiger partial charge in [0.05, 0.1) is 17.8 Å². The number of fused-ring (bicyclic) bond motifs is 1. The molecule has 1 N–H and O–H groups in total. The molecule has 0 fully saturated rings. The quantitative estimate of drug-likeness (QED) is 0.838. The molecule has 1 aromatic heterocycles. The van der Waals surface area contributed by atoms with Crippen LogP contribution < -0.4 is 5.32 Å². The van der Waals surface area contributed by atoms with Crippen molar-refractivity contribution in [3.63, 3.8) is 0 Å². The van der Waals surface area contributed by atoms with Gasteiger partial charge >= 0.3 is 12.3 Å². The number of carbonyl (C=O) groups is 1. The van der Waals surface area contributed by atoms with Crippen LogP contribution in [-0.2, 0) is 17.5 Å². The number of allylic oxidation sites excluding steroid dienone is 1. The Kier molecular flexibility index (Phi) is 5.44. The summed E-state index contributed by atoms with van der Waals surface area (Å²) in [5.41, 5.74) is 1.92. The number of nitrogens with one attached hydrogen (secondary N) is 1. The molecule has 1 amide bonds. The van der Waals surface area contributed by atoms with Crippen LogP contribution in [0.5, 0.6) is 0 Å². The number of ether oxygens (including phenoxy) is 1. The number of rotatable bonds is 4. The number of nitrogens with zero attached hydrogens (tertiary/aromatic N) is 3. The fourth-order valence-corrected chi connectivity index (χ4v) is 3.06. The summed E-state index contributed by atoms with van der Waals surface area (Å²) in [6.07, 6.45) is -4.29. The minimum absolute atomic E-state index is 0.0547. The summed E-state index contributed by atoms with van der Waals surface area (Å²) in [7, 11) is 0. The smallest absolute Gasteiger partial charge is 0.416 e. The van der Waals surface area contributed by atoms with Crippen molar-refractivity contribution in [2.45, 2.75) is 51.6 Å². The predicted octanol–water partition coefficient (Wildman–Crippen LogP) is 4.33. The summed E-state index contributed by atoms with van der Waals surface area (Å²) in [5, 5.41) is 10.9. The second-order valence-corrected chi connectivity index (χ2v) is 7.01. The van der Waals surface area contributed by atoms with Crippen molar-refractivity contribution >= 4 is 11.7 Å². The number of alkyl carbamates (subject to hydrolysis) is 1. The van der Waals surface area contributed by atoms with Crippen molar-refractivity contribution in [2.24, 2.45) is 0 Å². The molecule has 0 bridgehead atoms. The van der Waals surface area contributed by atoms with E-state index in [0.29, 0.717) is 29.8 Å². The number of aromatic nitrogens is 3. The lowest BCUT2D eigenvalue weighted by molar-refractivity contribution is -0.137. The summed E-state index contributed by atoms with van der Waals surface area (Å²) >= 11 is 0. The fraction of sp³-hybridized carbons (Fsp3) is 0.421. The molecule has 9 heteroatoms. The van der Waals surface area contributed by atoms with Crippen LogP contribution in [0.2, 0.25) is 0 Å². The normalized spacial score (nSPS) is 16.8. The van der Waals surface area contributed by atoms with E-state index in [-0.39, 0.29) is 12.6 Å².